The molecule has 6 heteroatoms. The monoisotopic (exact) mass is 308 g/mol. The molecule has 0 heterocycles. The van der Waals surface area contributed by atoms with E-state index >= 15 is 0 Å². The maximum Gasteiger partial charge on any atom is 0.239 e. The van der Waals surface area contributed by atoms with Crippen LogP contribution in [0, 0.1) is 0 Å². The third-order valence-corrected chi connectivity index (χ3v) is 3.25. The van der Waals surface area contributed by atoms with Gasteiger partial charge in [0.05, 0.1) is 13.1 Å². The van der Waals surface area contributed by atoms with E-state index in [1.807, 2.05) is 31.2 Å². The standard InChI is InChI=1S/C15H21ClN4O/c1-2-17-15(19-10-14(21)20-13-6-7-13)18-9-11-4-3-5-12(16)8-11/h3-5,8,13H,2,6-7,9-10H2,1H3,(H,20,21)(H2,17,18,19). The second kappa shape index (κ2) is 7.88. The van der Waals surface area contributed by atoms with Crippen molar-refractivity contribution in [1.29, 1.82) is 0 Å². The number of aliphatic imine (C=N–C) groups is 1. The topological polar surface area (TPSA) is 65.5 Å². The Morgan fingerprint density at radius 2 is 2.19 bits per heavy atom. The molecule has 0 spiro atoms. The number of carbonyl (C=O) groups excluding carboxylic acids is 1. The fraction of sp³-hybridized carbons (Fsp3) is 0.467. The Morgan fingerprint density at radius 1 is 1.38 bits per heavy atom. The highest BCUT2D eigenvalue weighted by Gasteiger charge is 2.22. The number of guanidine groups is 1. The van der Waals surface area contributed by atoms with Crippen LogP contribution in [0.25, 0.3) is 0 Å². The van der Waals surface area contributed by atoms with Gasteiger partial charge < -0.3 is 16.0 Å². The summed E-state index contributed by atoms with van der Waals surface area (Å²) in [6.45, 7) is 3.48. The van der Waals surface area contributed by atoms with Crippen molar-refractivity contribution in [2.75, 3.05) is 13.1 Å². The van der Waals surface area contributed by atoms with Gasteiger partial charge >= 0.3 is 0 Å². The Balaban J connectivity index is 1.84. The van der Waals surface area contributed by atoms with E-state index < -0.39 is 0 Å². The first kappa shape index (κ1) is 15.6. The molecule has 0 aromatic heterocycles. The SMILES string of the molecule is CCNC(=NCc1cccc(Cl)c1)NCC(=O)NC1CC1. The first-order valence-electron chi connectivity index (χ1n) is 7.23. The minimum Gasteiger partial charge on any atom is -0.357 e. The molecule has 0 radical (unpaired) electrons. The smallest absolute Gasteiger partial charge is 0.239 e. The third-order valence-electron chi connectivity index (χ3n) is 3.01. The molecular formula is C15H21ClN4O. The van der Waals surface area contributed by atoms with Crippen LogP contribution in [0.2, 0.25) is 5.02 Å². The van der Waals surface area contributed by atoms with E-state index in [2.05, 4.69) is 20.9 Å². The minimum atomic E-state index is 0.00542. The van der Waals surface area contributed by atoms with Crippen molar-refractivity contribution in [3.63, 3.8) is 0 Å². The van der Waals surface area contributed by atoms with Gasteiger partial charge in [0, 0.05) is 17.6 Å². The predicted octanol–water partition coefficient (Wildman–Crippen LogP) is 1.67. The van der Waals surface area contributed by atoms with Gasteiger partial charge in [-0.25, -0.2) is 4.99 Å². The number of hydrogen-bond acceptors (Lipinski definition) is 2. The van der Waals surface area contributed by atoms with Crippen LogP contribution in [-0.2, 0) is 11.3 Å². The number of benzene rings is 1. The molecule has 1 aromatic carbocycles. The van der Waals surface area contributed by atoms with E-state index in [9.17, 15) is 4.79 Å². The summed E-state index contributed by atoms with van der Waals surface area (Å²) in [6.07, 6.45) is 2.18. The molecule has 0 atom stereocenters. The summed E-state index contributed by atoms with van der Waals surface area (Å²) in [6, 6.07) is 7.97. The lowest BCUT2D eigenvalue weighted by atomic mass is 10.2. The molecule has 0 bridgehead atoms. The summed E-state index contributed by atoms with van der Waals surface area (Å²) in [5.41, 5.74) is 1.03. The van der Waals surface area contributed by atoms with Gasteiger partial charge in [0.25, 0.3) is 0 Å². The van der Waals surface area contributed by atoms with Crippen LogP contribution < -0.4 is 16.0 Å². The molecule has 1 saturated carbocycles. The molecule has 0 unspecified atom stereocenters. The lowest BCUT2D eigenvalue weighted by molar-refractivity contribution is -0.120. The summed E-state index contributed by atoms with van der Waals surface area (Å²) in [7, 11) is 0. The molecular weight excluding hydrogens is 288 g/mol. The van der Waals surface area contributed by atoms with Crippen molar-refractivity contribution < 1.29 is 4.79 Å². The highest BCUT2D eigenvalue weighted by atomic mass is 35.5. The first-order chi connectivity index (χ1) is 10.2. The Morgan fingerprint density at radius 3 is 2.86 bits per heavy atom. The molecule has 1 aliphatic carbocycles. The molecule has 1 aliphatic rings. The fourth-order valence-corrected chi connectivity index (χ4v) is 2.03. The average Bonchev–Trinajstić information content (AvgIpc) is 3.26. The van der Waals surface area contributed by atoms with Gasteiger partial charge in [0.1, 0.15) is 0 Å². The molecule has 0 saturated heterocycles. The Bertz CT molecular complexity index is 514. The van der Waals surface area contributed by atoms with Crippen molar-refractivity contribution in [3.05, 3.63) is 34.9 Å². The Labute approximate surface area is 130 Å². The second-order valence-corrected chi connectivity index (χ2v) is 5.46. The third kappa shape index (κ3) is 6.04. The van der Waals surface area contributed by atoms with Crippen molar-refractivity contribution >= 4 is 23.5 Å². The van der Waals surface area contributed by atoms with Gasteiger partial charge in [-0.2, -0.15) is 0 Å². The van der Waals surface area contributed by atoms with Gasteiger partial charge in [-0.05, 0) is 37.5 Å². The number of hydrogen-bond donors (Lipinski definition) is 3. The minimum absolute atomic E-state index is 0.00542. The highest BCUT2D eigenvalue weighted by Crippen LogP contribution is 2.18. The van der Waals surface area contributed by atoms with Gasteiger partial charge in [0.15, 0.2) is 5.96 Å². The number of halogens is 1. The van der Waals surface area contributed by atoms with E-state index in [-0.39, 0.29) is 12.5 Å². The summed E-state index contributed by atoms with van der Waals surface area (Å²) >= 11 is 5.95. The van der Waals surface area contributed by atoms with Crippen LogP contribution >= 0.6 is 11.6 Å². The van der Waals surface area contributed by atoms with Crippen molar-refractivity contribution in [2.45, 2.75) is 32.4 Å². The van der Waals surface area contributed by atoms with Gasteiger partial charge in [0.2, 0.25) is 5.91 Å². The summed E-state index contributed by atoms with van der Waals surface area (Å²) < 4.78 is 0. The molecule has 21 heavy (non-hydrogen) atoms. The molecule has 114 valence electrons. The van der Waals surface area contributed by atoms with E-state index in [0.717, 1.165) is 24.9 Å². The maximum atomic E-state index is 11.6. The summed E-state index contributed by atoms with van der Waals surface area (Å²) in [5.74, 6) is 0.634. The lowest BCUT2D eigenvalue weighted by Crippen LogP contribution is -2.43. The number of carbonyl (C=O) groups is 1. The first-order valence-corrected chi connectivity index (χ1v) is 7.61. The van der Waals surface area contributed by atoms with Gasteiger partial charge in [-0.15, -0.1) is 0 Å². The highest BCUT2D eigenvalue weighted by molar-refractivity contribution is 6.30. The summed E-state index contributed by atoms with van der Waals surface area (Å²) in [5, 5.41) is 9.78. The molecule has 2 rings (SSSR count). The molecule has 0 aliphatic heterocycles. The molecule has 1 aromatic rings. The molecule has 3 N–H and O–H groups in total. The van der Waals surface area contributed by atoms with E-state index in [1.165, 1.54) is 0 Å². The zero-order chi connectivity index (χ0) is 15.1. The summed E-state index contributed by atoms with van der Waals surface area (Å²) in [4.78, 5) is 16.1. The Hall–Kier alpha value is -1.75. The number of nitrogens with zero attached hydrogens (tertiary/aromatic N) is 1. The maximum absolute atomic E-state index is 11.6. The largest absolute Gasteiger partial charge is 0.357 e. The van der Waals surface area contributed by atoms with Crippen molar-refractivity contribution in [3.8, 4) is 0 Å². The number of amides is 1. The number of nitrogens with one attached hydrogen (secondary N) is 3. The zero-order valence-electron chi connectivity index (χ0n) is 12.2. The predicted molar refractivity (Wildman–Crippen MR) is 85.4 cm³/mol. The van der Waals surface area contributed by atoms with Crippen LogP contribution in [0.4, 0.5) is 0 Å². The quantitative estimate of drug-likeness (QED) is 0.553. The van der Waals surface area contributed by atoms with E-state index in [4.69, 9.17) is 11.6 Å². The van der Waals surface area contributed by atoms with Crippen LogP contribution in [0.5, 0.6) is 0 Å². The van der Waals surface area contributed by atoms with Crippen LogP contribution in [0.15, 0.2) is 29.3 Å². The van der Waals surface area contributed by atoms with Crippen LogP contribution in [0.1, 0.15) is 25.3 Å². The van der Waals surface area contributed by atoms with Crippen LogP contribution in [0.3, 0.4) is 0 Å². The fourth-order valence-electron chi connectivity index (χ4n) is 1.82. The van der Waals surface area contributed by atoms with Gasteiger partial charge in [-0.1, -0.05) is 23.7 Å². The van der Waals surface area contributed by atoms with Gasteiger partial charge in [-0.3, -0.25) is 4.79 Å². The van der Waals surface area contributed by atoms with Crippen molar-refractivity contribution in [2.24, 2.45) is 4.99 Å². The molecule has 1 amide bonds. The average molecular weight is 309 g/mol. The second-order valence-electron chi connectivity index (χ2n) is 5.02. The van der Waals surface area contributed by atoms with Crippen LogP contribution in [-0.4, -0.2) is 31.0 Å². The Kier molecular flexibility index (Phi) is 5.87. The van der Waals surface area contributed by atoms with E-state index in [1.54, 1.807) is 0 Å². The zero-order valence-corrected chi connectivity index (χ0v) is 12.9. The number of rotatable bonds is 6. The van der Waals surface area contributed by atoms with Crippen molar-refractivity contribution in [1.82, 2.24) is 16.0 Å². The van der Waals surface area contributed by atoms with E-state index in [0.29, 0.717) is 23.6 Å². The molecule has 1 fully saturated rings. The molecule has 5 nitrogen and oxygen atoms in total. The lowest BCUT2D eigenvalue weighted by Gasteiger charge is -2.11. The normalized spacial score (nSPS) is 14.7.